The summed E-state index contributed by atoms with van der Waals surface area (Å²) in [6.45, 7) is 2.02. The van der Waals surface area contributed by atoms with E-state index in [1.165, 1.54) is 7.11 Å². The van der Waals surface area contributed by atoms with Crippen LogP contribution in [0.5, 0.6) is 0 Å². The fourth-order valence-corrected chi connectivity index (χ4v) is 2.95. The average Bonchev–Trinajstić information content (AvgIpc) is 2.94. The van der Waals surface area contributed by atoms with Gasteiger partial charge in [-0.1, -0.05) is 0 Å². The van der Waals surface area contributed by atoms with Gasteiger partial charge in [0.15, 0.2) is 0 Å². The van der Waals surface area contributed by atoms with Crippen molar-refractivity contribution in [3.63, 3.8) is 0 Å². The van der Waals surface area contributed by atoms with E-state index in [1.54, 1.807) is 29.1 Å². The van der Waals surface area contributed by atoms with Crippen LogP contribution >= 0.6 is 11.3 Å². The van der Waals surface area contributed by atoms with E-state index >= 15 is 0 Å². The van der Waals surface area contributed by atoms with Gasteiger partial charge in [-0.25, -0.2) is 9.78 Å². The van der Waals surface area contributed by atoms with Crippen molar-refractivity contribution < 1.29 is 9.53 Å². The quantitative estimate of drug-likeness (QED) is 0.676. The molecule has 0 spiro atoms. The number of carbonyl (C=O) groups is 1. The first kappa shape index (κ1) is 12.7. The average molecular weight is 284 g/mol. The molecule has 4 nitrogen and oxygen atoms in total. The van der Waals surface area contributed by atoms with Crippen LogP contribution in [0.4, 0.5) is 0 Å². The molecule has 100 valence electrons. The molecule has 3 aromatic rings. The number of hydrogen-bond donors (Lipinski definition) is 0. The summed E-state index contributed by atoms with van der Waals surface area (Å²) >= 11 is 1.55. The zero-order valence-electron chi connectivity index (χ0n) is 11.1. The van der Waals surface area contributed by atoms with Crippen LogP contribution in [-0.2, 0) is 4.74 Å². The molecular weight excluding hydrogens is 272 g/mol. The number of methoxy groups -OCH3 is 1. The highest BCUT2D eigenvalue weighted by Gasteiger charge is 2.14. The van der Waals surface area contributed by atoms with Crippen LogP contribution in [0.1, 0.15) is 15.9 Å². The van der Waals surface area contributed by atoms with Crippen molar-refractivity contribution >= 4 is 27.5 Å². The molecule has 0 aliphatic carbocycles. The molecule has 0 atom stereocenters. The zero-order valence-corrected chi connectivity index (χ0v) is 11.9. The van der Waals surface area contributed by atoms with Gasteiger partial charge in [-0.15, -0.1) is 11.3 Å². The normalized spacial score (nSPS) is 10.7. The predicted molar refractivity (Wildman–Crippen MR) is 78.9 cm³/mol. The second-order valence-corrected chi connectivity index (χ2v) is 5.26. The molecule has 2 heterocycles. The third-order valence-electron chi connectivity index (χ3n) is 3.18. The van der Waals surface area contributed by atoms with E-state index < -0.39 is 0 Å². The SMILES string of the molecule is COC(=O)c1cc(-c2cnccc2C)c2scnc2c1. The van der Waals surface area contributed by atoms with Crippen LogP contribution in [0.15, 0.2) is 36.1 Å². The van der Waals surface area contributed by atoms with Crippen molar-refractivity contribution in [2.24, 2.45) is 0 Å². The molecule has 0 saturated carbocycles. The van der Waals surface area contributed by atoms with Crippen molar-refractivity contribution in [3.05, 3.63) is 47.2 Å². The Bertz CT molecular complexity index is 795. The summed E-state index contributed by atoms with van der Waals surface area (Å²) < 4.78 is 5.85. The lowest BCUT2D eigenvalue weighted by Gasteiger charge is -2.08. The van der Waals surface area contributed by atoms with E-state index in [4.69, 9.17) is 4.74 Å². The fraction of sp³-hybridized carbons (Fsp3) is 0.133. The topological polar surface area (TPSA) is 52.1 Å². The van der Waals surface area contributed by atoms with Gasteiger partial charge in [0.25, 0.3) is 0 Å². The maximum atomic E-state index is 11.8. The van der Waals surface area contributed by atoms with Crippen LogP contribution in [0, 0.1) is 6.92 Å². The van der Waals surface area contributed by atoms with Crippen LogP contribution in [0.3, 0.4) is 0 Å². The van der Waals surface area contributed by atoms with Crippen molar-refractivity contribution in [1.29, 1.82) is 0 Å². The van der Waals surface area contributed by atoms with Crippen LogP contribution < -0.4 is 0 Å². The smallest absolute Gasteiger partial charge is 0.337 e. The van der Waals surface area contributed by atoms with Gasteiger partial charge in [0.2, 0.25) is 0 Å². The molecule has 0 saturated heterocycles. The maximum Gasteiger partial charge on any atom is 0.337 e. The molecule has 0 aliphatic heterocycles. The summed E-state index contributed by atoms with van der Waals surface area (Å²) in [5, 5.41) is 0. The van der Waals surface area contributed by atoms with Crippen LogP contribution in [0.25, 0.3) is 21.3 Å². The monoisotopic (exact) mass is 284 g/mol. The molecule has 0 bridgehead atoms. The number of esters is 1. The van der Waals surface area contributed by atoms with Gasteiger partial charge in [-0.05, 0) is 30.7 Å². The first-order valence-corrected chi connectivity index (χ1v) is 6.95. The number of pyridine rings is 1. The first-order chi connectivity index (χ1) is 9.70. The lowest BCUT2D eigenvalue weighted by Crippen LogP contribution is -2.01. The van der Waals surface area contributed by atoms with Crippen molar-refractivity contribution in [2.75, 3.05) is 7.11 Å². The summed E-state index contributed by atoms with van der Waals surface area (Å²) in [7, 11) is 1.38. The number of rotatable bonds is 2. The Labute approximate surface area is 120 Å². The van der Waals surface area contributed by atoms with E-state index in [9.17, 15) is 4.79 Å². The molecule has 0 amide bonds. The molecule has 0 N–H and O–H groups in total. The molecule has 0 aliphatic rings. The zero-order chi connectivity index (χ0) is 14.1. The third kappa shape index (κ3) is 2.06. The van der Waals surface area contributed by atoms with Gasteiger partial charge in [0.05, 0.1) is 28.4 Å². The van der Waals surface area contributed by atoms with E-state index in [0.717, 1.165) is 26.9 Å². The summed E-state index contributed by atoms with van der Waals surface area (Å²) in [6.07, 6.45) is 3.57. The predicted octanol–water partition coefficient (Wildman–Crippen LogP) is 3.45. The largest absolute Gasteiger partial charge is 0.465 e. The van der Waals surface area contributed by atoms with Crippen LogP contribution in [-0.4, -0.2) is 23.0 Å². The highest BCUT2D eigenvalue weighted by molar-refractivity contribution is 7.17. The number of carbonyl (C=O) groups excluding carboxylic acids is 1. The minimum atomic E-state index is -0.359. The molecule has 20 heavy (non-hydrogen) atoms. The Morgan fingerprint density at radius 2 is 2.15 bits per heavy atom. The number of thiazole rings is 1. The third-order valence-corrected chi connectivity index (χ3v) is 4.06. The summed E-state index contributed by atoms with van der Waals surface area (Å²) in [5.74, 6) is -0.359. The fourth-order valence-electron chi connectivity index (χ4n) is 2.15. The number of hydrogen-bond acceptors (Lipinski definition) is 5. The minimum absolute atomic E-state index is 0.359. The molecule has 3 rings (SSSR count). The Morgan fingerprint density at radius 1 is 1.30 bits per heavy atom. The summed E-state index contributed by atoms with van der Waals surface area (Å²) in [5.41, 5.74) is 6.17. The molecule has 5 heteroatoms. The van der Waals surface area contributed by atoms with Gasteiger partial charge >= 0.3 is 5.97 Å². The lowest BCUT2D eigenvalue weighted by atomic mass is 10.0. The van der Waals surface area contributed by atoms with Crippen molar-refractivity contribution in [2.45, 2.75) is 6.92 Å². The van der Waals surface area contributed by atoms with Gasteiger partial charge in [0.1, 0.15) is 0 Å². The van der Waals surface area contributed by atoms with Crippen molar-refractivity contribution in [1.82, 2.24) is 9.97 Å². The molecular formula is C15H12N2O2S. The number of ether oxygens (including phenoxy) is 1. The number of aryl methyl sites for hydroxylation is 1. The summed E-state index contributed by atoms with van der Waals surface area (Å²) in [4.78, 5) is 20.3. The van der Waals surface area contributed by atoms with E-state index in [2.05, 4.69) is 9.97 Å². The Kier molecular flexibility index (Phi) is 3.20. The summed E-state index contributed by atoms with van der Waals surface area (Å²) in [6, 6.07) is 5.55. The van der Waals surface area contributed by atoms with Crippen molar-refractivity contribution in [3.8, 4) is 11.1 Å². The van der Waals surface area contributed by atoms with E-state index in [-0.39, 0.29) is 5.97 Å². The Balaban J connectivity index is 2.31. The highest BCUT2D eigenvalue weighted by atomic mass is 32.1. The molecule has 0 fully saturated rings. The Hall–Kier alpha value is -2.27. The second-order valence-electron chi connectivity index (χ2n) is 4.41. The minimum Gasteiger partial charge on any atom is -0.465 e. The second kappa shape index (κ2) is 5.02. The number of fused-ring (bicyclic) bond motifs is 1. The van der Waals surface area contributed by atoms with Gasteiger partial charge in [-0.2, -0.15) is 0 Å². The van der Waals surface area contributed by atoms with Crippen LogP contribution in [0.2, 0.25) is 0 Å². The Morgan fingerprint density at radius 3 is 2.90 bits per heavy atom. The molecule has 0 radical (unpaired) electrons. The number of benzene rings is 1. The standard InChI is InChI=1S/C15H12N2O2S/c1-9-3-4-16-7-12(9)11-5-10(15(18)19-2)6-13-14(11)20-8-17-13/h3-8H,1-2H3. The molecule has 2 aromatic heterocycles. The van der Waals surface area contributed by atoms with Gasteiger partial charge in [0, 0.05) is 23.5 Å². The first-order valence-electron chi connectivity index (χ1n) is 6.07. The number of aromatic nitrogens is 2. The lowest BCUT2D eigenvalue weighted by molar-refractivity contribution is 0.0601. The van der Waals surface area contributed by atoms with Gasteiger partial charge < -0.3 is 4.74 Å². The van der Waals surface area contributed by atoms with E-state index in [1.807, 2.05) is 25.3 Å². The molecule has 0 unspecified atom stereocenters. The molecule has 1 aromatic carbocycles. The number of nitrogens with zero attached hydrogens (tertiary/aromatic N) is 2. The highest BCUT2D eigenvalue weighted by Crippen LogP contribution is 2.33. The van der Waals surface area contributed by atoms with E-state index in [0.29, 0.717) is 5.56 Å². The van der Waals surface area contributed by atoms with Gasteiger partial charge in [-0.3, -0.25) is 4.98 Å². The maximum absolute atomic E-state index is 11.8.